The first kappa shape index (κ1) is 14.5. The standard InChI is InChI=1S/C17H21N5/c1-5-13(4)21-16-14-9-20-22(17(14)19-10-18-16)15-7-6-11(2)8-12(15)3/h6-10,13H,5H2,1-4H3,(H,18,19,21)/t13-/m0/s1. The second-order valence-corrected chi connectivity index (χ2v) is 5.76. The number of nitrogens with zero attached hydrogens (tertiary/aromatic N) is 4. The van der Waals surface area contributed by atoms with E-state index in [1.54, 1.807) is 6.33 Å². The number of nitrogens with one attached hydrogen (secondary N) is 1. The number of aromatic nitrogens is 4. The van der Waals surface area contributed by atoms with Gasteiger partial charge in [0.25, 0.3) is 0 Å². The molecule has 0 amide bonds. The van der Waals surface area contributed by atoms with E-state index in [4.69, 9.17) is 0 Å². The lowest BCUT2D eigenvalue weighted by Crippen LogP contribution is -2.14. The molecule has 2 heterocycles. The lowest BCUT2D eigenvalue weighted by molar-refractivity contribution is 0.760. The van der Waals surface area contributed by atoms with Gasteiger partial charge in [-0.1, -0.05) is 24.6 Å². The Morgan fingerprint density at radius 2 is 2.05 bits per heavy atom. The van der Waals surface area contributed by atoms with E-state index in [0.29, 0.717) is 6.04 Å². The van der Waals surface area contributed by atoms with Gasteiger partial charge in [0.05, 0.1) is 17.3 Å². The van der Waals surface area contributed by atoms with Crippen molar-refractivity contribution in [2.45, 2.75) is 40.2 Å². The van der Waals surface area contributed by atoms with E-state index in [1.807, 2.05) is 10.9 Å². The van der Waals surface area contributed by atoms with Crippen molar-refractivity contribution in [1.82, 2.24) is 19.7 Å². The molecule has 2 aromatic heterocycles. The monoisotopic (exact) mass is 295 g/mol. The molecule has 5 heteroatoms. The molecule has 0 saturated carbocycles. The SMILES string of the molecule is CC[C@H](C)Nc1ncnc2c1cnn2-c1ccc(C)cc1C. The van der Waals surface area contributed by atoms with Crippen molar-refractivity contribution < 1.29 is 0 Å². The molecular formula is C17H21N5. The van der Waals surface area contributed by atoms with Gasteiger partial charge in [-0.25, -0.2) is 14.6 Å². The minimum absolute atomic E-state index is 0.363. The molecule has 0 fully saturated rings. The Labute approximate surface area is 130 Å². The average Bonchev–Trinajstić information content (AvgIpc) is 2.92. The van der Waals surface area contributed by atoms with E-state index < -0.39 is 0 Å². The number of benzene rings is 1. The highest BCUT2D eigenvalue weighted by atomic mass is 15.3. The Bertz CT molecular complexity index is 806. The fraction of sp³-hybridized carbons (Fsp3) is 0.353. The zero-order valence-electron chi connectivity index (χ0n) is 13.5. The fourth-order valence-corrected chi connectivity index (χ4v) is 2.51. The predicted molar refractivity (Wildman–Crippen MR) is 89.5 cm³/mol. The lowest BCUT2D eigenvalue weighted by atomic mass is 10.1. The lowest BCUT2D eigenvalue weighted by Gasteiger charge is -2.12. The van der Waals surface area contributed by atoms with Crippen LogP contribution in [0, 0.1) is 13.8 Å². The predicted octanol–water partition coefficient (Wildman–Crippen LogP) is 3.64. The first-order valence-corrected chi connectivity index (χ1v) is 7.63. The van der Waals surface area contributed by atoms with Gasteiger partial charge in [0, 0.05) is 6.04 Å². The largest absolute Gasteiger partial charge is 0.367 e. The summed E-state index contributed by atoms with van der Waals surface area (Å²) in [5.74, 6) is 0.843. The number of anilines is 1. The van der Waals surface area contributed by atoms with Gasteiger partial charge in [-0.3, -0.25) is 0 Å². The quantitative estimate of drug-likeness (QED) is 0.798. The van der Waals surface area contributed by atoms with Gasteiger partial charge in [0.2, 0.25) is 0 Å². The average molecular weight is 295 g/mol. The third kappa shape index (κ3) is 2.54. The van der Waals surface area contributed by atoms with Crippen molar-refractivity contribution in [1.29, 1.82) is 0 Å². The van der Waals surface area contributed by atoms with Crippen LogP contribution < -0.4 is 5.32 Å². The molecule has 114 valence electrons. The van der Waals surface area contributed by atoms with Crippen LogP contribution >= 0.6 is 0 Å². The highest BCUT2D eigenvalue weighted by Gasteiger charge is 2.13. The van der Waals surface area contributed by atoms with Crippen molar-refractivity contribution in [3.8, 4) is 5.69 Å². The molecule has 0 aliphatic rings. The molecule has 5 nitrogen and oxygen atoms in total. The Hall–Kier alpha value is -2.43. The Morgan fingerprint density at radius 3 is 2.77 bits per heavy atom. The summed E-state index contributed by atoms with van der Waals surface area (Å²) in [4.78, 5) is 8.79. The van der Waals surface area contributed by atoms with Crippen LogP contribution in [0.25, 0.3) is 16.7 Å². The van der Waals surface area contributed by atoms with Crippen LogP contribution in [-0.4, -0.2) is 25.8 Å². The molecule has 3 aromatic rings. The van der Waals surface area contributed by atoms with Gasteiger partial charge in [-0.15, -0.1) is 0 Å². The van der Waals surface area contributed by atoms with Crippen LogP contribution in [0.3, 0.4) is 0 Å². The molecule has 22 heavy (non-hydrogen) atoms. The molecule has 1 aromatic carbocycles. The summed E-state index contributed by atoms with van der Waals surface area (Å²) in [7, 11) is 0. The van der Waals surface area contributed by atoms with Crippen LogP contribution in [0.1, 0.15) is 31.4 Å². The highest BCUT2D eigenvalue weighted by Crippen LogP contribution is 2.24. The zero-order valence-corrected chi connectivity index (χ0v) is 13.5. The van der Waals surface area contributed by atoms with Crippen molar-refractivity contribution >= 4 is 16.9 Å². The minimum Gasteiger partial charge on any atom is -0.367 e. The van der Waals surface area contributed by atoms with Crippen LogP contribution in [0.15, 0.2) is 30.7 Å². The van der Waals surface area contributed by atoms with E-state index in [2.05, 4.69) is 66.3 Å². The summed E-state index contributed by atoms with van der Waals surface area (Å²) in [6.07, 6.45) is 4.46. The number of fused-ring (bicyclic) bond motifs is 1. The zero-order chi connectivity index (χ0) is 15.7. The molecule has 0 radical (unpaired) electrons. The third-order valence-corrected chi connectivity index (χ3v) is 3.94. The van der Waals surface area contributed by atoms with E-state index in [0.717, 1.165) is 29.0 Å². The molecule has 3 rings (SSSR count). The second-order valence-electron chi connectivity index (χ2n) is 5.76. The van der Waals surface area contributed by atoms with Gasteiger partial charge in [0.15, 0.2) is 5.65 Å². The fourth-order valence-electron chi connectivity index (χ4n) is 2.51. The van der Waals surface area contributed by atoms with Gasteiger partial charge in [0.1, 0.15) is 12.1 Å². The first-order valence-electron chi connectivity index (χ1n) is 7.63. The van der Waals surface area contributed by atoms with Crippen molar-refractivity contribution in [2.75, 3.05) is 5.32 Å². The summed E-state index contributed by atoms with van der Waals surface area (Å²) >= 11 is 0. The Balaban J connectivity index is 2.11. The minimum atomic E-state index is 0.363. The molecule has 0 saturated heterocycles. The van der Waals surface area contributed by atoms with E-state index >= 15 is 0 Å². The van der Waals surface area contributed by atoms with Gasteiger partial charge in [-0.05, 0) is 38.8 Å². The molecule has 1 N–H and O–H groups in total. The topological polar surface area (TPSA) is 55.6 Å². The molecular weight excluding hydrogens is 274 g/mol. The van der Waals surface area contributed by atoms with Crippen molar-refractivity contribution in [3.05, 3.63) is 41.9 Å². The maximum absolute atomic E-state index is 4.52. The van der Waals surface area contributed by atoms with Crippen LogP contribution in [0.2, 0.25) is 0 Å². The summed E-state index contributed by atoms with van der Waals surface area (Å²) in [5, 5.41) is 8.89. The summed E-state index contributed by atoms with van der Waals surface area (Å²) in [6.45, 7) is 8.47. The smallest absolute Gasteiger partial charge is 0.168 e. The Kier molecular flexibility index (Phi) is 3.79. The normalized spacial score (nSPS) is 12.5. The summed E-state index contributed by atoms with van der Waals surface area (Å²) in [6, 6.07) is 6.70. The number of aryl methyl sites for hydroxylation is 2. The summed E-state index contributed by atoms with van der Waals surface area (Å²) in [5.41, 5.74) is 4.30. The van der Waals surface area contributed by atoms with E-state index in [1.165, 1.54) is 11.1 Å². The van der Waals surface area contributed by atoms with Gasteiger partial charge in [-0.2, -0.15) is 5.10 Å². The van der Waals surface area contributed by atoms with Crippen molar-refractivity contribution in [3.63, 3.8) is 0 Å². The van der Waals surface area contributed by atoms with Gasteiger partial charge < -0.3 is 5.32 Å². The maximum atomic E-state index is 4.52. The molecule has 1 atom stereocenters. The van der Waals surface area contributed by atoms with E-state index in [-0.39, 0.29) is 0 Å². The third-order valence-electron chi connectivity index (χ3n) is 3.94. The highest BCUT2D eigenvalue weighted by molar-refractivity contribution is 5.87. The maximum Gasteiger partial charge on any atom is 0.168 e. The Morgan fingerprint density at radius 1 is 1.23 bits per heavy atom. The first-order chi connectivity index (χ1) is 10.6. The number of rotatable bonds is 4. The summed E-state index contributed by atoms with van der Waals surface area (Å²) < 4.78 is 1.88. The molecule has 0 spiro atoms. The number of hydrogen-bond donors (Lipinski definition) is 1. The van der Waals surface area contributed by atoms with Crippen molar-refractivity contribution in [2.24, 2.45) is 0 Å². The van der Waals surface area contributed by atoms with Crippen LogP contribution in [0.5, 0.6) is 0 Å². The number of hydrogen-bond acceptors (Lipinski definition) is 4. The van der Waals surface area contributed by atoms with Crippen LogP contribution in [-0.2, 0) is 0 Å². The van der Waals surface area contributed by atoms with Gasteiger partial charge >= 0.3 is 0 Å². The van der Waals surface area contributed by atoms with Crippen LogP contribution in [0.4, 0.5) is 5.82 Å². The molecule has 0 aliphatic heterocycles. The second kappa shape index (κ2) is 5.75. The molecule has 0 aliphatic carbocycles. The molecule has 0 bridgehead atoms. The molecule has 0 unspecified atom stereocenters. The van der Waals surface area contributed by atoms with E-state index in [9.17, 15) is 0 Å².